The summed E-state index contributed by atoms with van der Waals surface area (Å²) < 4.78 is 0. The fourth-order valence-corrected chi connectivity index (χ4v) is 0.794. The highest BCUT2D eigenvalue weighted by Crippen LogP contribution is 2.01. The molecule has 0 aromatic carbocycles. The summed E-state index contributed by atoms with van der Waals surface area (Å²) in [6, 6.07) is 4.47. The van der Waals surface area contributed by atoms with Crippen molar-refractivity contribution < 1.29 is 4.79 Å². The molecule has 1 heterocycles. The van der Waals surface area contributed by atoms with Crippen LogP contribution in [0.4, 0.5) is 0 Å². The smallest absolute Gasteiger partial charge is 0.160 e. The molecule has 35 valence electrons. The molecular weight excluding hydrogens is 108 g/mol. The van der Waals surface area contributed by atoms with Crippen molar-refractivity contribution in [3.8, 4) is 0 Å². The highest BCUT2D eigenvalue weighted by molar-refractivity contribution is 7.11. The molecule has 0 atom stereocenters. The van der Waals surface area contributed by atoms with Gasteiger partial charge in [0.2, 0.25) is 0 Å². The summed E-state index contributed by atoms with van der Waals surface area (Å²) in [7, 11) is 0. The molecule has 2 heteroatoms. The van der Waals surface area contributed by atoms with E-state index in [4.69, 9.17) is 0 Å². The number of carbonyl (C=O) groups excluding carboxylic acids is 1. The molecule has 0 aliphatic heterocycles. The van der Waals surface area contributed by atoms with E-state index in [2.05, 4.69) is 6.07 Å². The summed E-state index contributed by atoms with van der Waals surface area (Å²) >= 11 is 1.40. The predicted octanol–water partition coefficient (Wildman–Crippen LogP) is 1.36. The van der Waals surface area contributed by atoms with Crippen molar-refractivity contribution in [3.63, 3.8) is 0 Å². The molecule has 0 amide bonds. The Kier molecular flexibility index (Phi) is 1.22. The van der Waals surface area contributed by atoms with Crippen molar-refractivity contribution in [2.24, 2.45) is 0 Å². The molecule has 0 bridgehead atoms. The zero-order valence-electron chi connectivity index (χ0n) is 3.55. The summed E-state index contributed by atoms with van der Waals surface area (Å²) in [5.41, 5.74) is 0. The third-order valence-corrected chi connectivity index (χ3v) is 1.34. The van der Waals surface area contributed by atoms with Crippen LogP contribution in [0.2, 0.25) is 0 Å². The largest absolute Gasteiger partial charge is 0.297 e. The molecule has 0 saturated carbocycles. The first-order valence-corrected chi connectivity index (χ1v) is 2.72. The Morgan fingerprint density at radius 3 is 3.00 bits per heavy atom. The Labute approximate surface area is 45.6 Å². The summed E-state index contributed by atoms with van der Waals surface area (Å²) in [6.45, 7) is 0. The SMILES string of the molecule is O=Cc1[c]ccs1. The summed E-state index contributed by atoms with van der Waals surface area (Å²) in [5, 5.41) is 1.82. The third kappa shape index (κ3) is 0.871. The first-order valence-electron chi connectivity index (χ1n) is 1.84. The lowest BCUT2D eigenvalue weighted by atomic mass is 10.5. The van der Waals surface area contributed by atoms with Gasteiger partial charge in [-0.05, 0) is 11.4 Å². The molecule has 0 spiro atoms. The van der Waals surface area contributed by atoms with Crippen LogP contribution in [0.25, 0.3) is 0 Å². The van der Waals surface area contributed by atoms with Gasteiger partial charge in [0.25, 0.3) is 0 Å². The molecule has 0 aliphatic carbocycles. The minimum Gasteiger partial charge on any atom is -0.297 e. The van der Waals surface area contributed by atoms with Crippen molar-refractivity contribution in [2.45, 2.75) is 0 Å². The molecule has 0 saturated heterocycles. The van der Waals surface area contributed by atoms with E-state index >= 15 is 0 Å². The van der Waals surface area contributed by atoms with E-state index in [-0.39, 0.29) is 0 Å². The van der Waals surface area contributed by atoms with E-state index in [1.807, 2.05) is 5.38 Å². The number of rotatable bonds is 1. The molecule has 7 heavy (non-hydrogen) atoms. The zero-order valence-corrected chi connectivity index (χ0v) is 4.37. The van der Waals surface area contributed by atoms with E-state index in [9.17, 15) is 4.79 Å². The number of aldehydes is 1. The number of hydrogen-bond donors (Lipinski definition) is 0. The van der Waals surface area contributed by atoms with Crippen molar-refractivity contribution in [3.05, 3.63) is 22.4 Å². The molecule has 0 N–H and O–H groups in total. The maximum atomic E-state index is 9.85. The highest BCUT2D eigenvalue weighted by Gasteiger charge is 1.83. The van der Waals surface area contributed by atoms with Gasteiger partial charge in [0.05, 0.1) is 4.88 Å². The molecule has 1 rings (SSSR count). The molecule has 0 unspecified atom stereocenters. The van der Waals surface area contributed by atoms with Gasteiger partial charge in [0.15, 0.2) is 6.29 Å². The maximum Gasteiger partial charge on any atom is 0.160 e. The molecule has 0 aliphatic rings. The van der Waals surface area contributed by atoms with Gasteiger partial charge >= 0.3 is 0 Å². The van der Waals surface area contributed by atoms with E-state index in [1.54, 1.807) is 6.07 Å². The van der Waals surface area contributed by atoms with Gasteiger partial charge in [-0.25, -0.2) is 0 Å². The summed E-state index contributed by atoms with van der Waals surface area (Å²) in [5.74, 6) is 0. The van der Waals surface area contributed by atoms with Crippen LogP contribution >= 0.6 is 11.3 Å². The third-order valence-electron chi connectivity index (χ3n) is 0.596. The first-order chi connectivity index (χ1) is 3.43. The monoisotopic (exact) mass is 111 g/mol. The van der Waals surface area contributed by atoms with Gasteiger partial charge in [-0.1, -0.05) is 0 Å². The molecule has 1 nitrogen and oxygen atoms in total. The van der Waals surface area contributed by atoms with Crippen molar-refractivity contribution in [1.82, 2.24) is 0 Å². The lowest BCUT2D eigenvalue weighted by Crippen LogP contribution is -1.62. The van der Waals surface area contributed by atoms with Crippen molar-refractivity contribution in [2.75, 3.05) is 0 Å². The number of hydrogen-bond acceptors (Lipinski definition) is 2. The van der Waals surface area contributed by atoms with E-state index in [1.165, 1.54) is 11.3 Å². The second-order valence-electron chi connectivity index (χ2n) is 1.05. The molecule has 1 radical (unpaired) electrons. The minimum absolute atomic E-state index is 0.667. The van der Waals surface area contributed by atoms with Crippen LogP contribution in [0.15, 0.2) is 11.4 Å². The van der Waals surface area contributed by atoms with E-state index < -0.39 is 0 Å². The second kappa shape index (κ2) is 1.89. The van der Waals surface area contributed by atoms with Crippen molar-refractivity contribution >= 4 is 17.6 Å². The number of thiophene rings is 1. The Bertz CT molecular complexity index is 143. The quantitative estimate of drug-likeness (QED) is 0.500. The average molecular weight is 111 g/mol. The van der Waals surface area contributed by atoms with Crippen LogP contribution < -0.4 is 0 Å². The van der Waals surface area contributed by atoms with Crippen LogP contribution in [0, 0.1) is 6.07 Å². The second-order valence-corrected chi connectivity index (χ2v) is 1.99. The Morgan fingerprint density at radius 2 is 2.71 bits per heavy atom. The average Bonchev–Trinajstić information content (AvgIpc) is 2.14. The number of carbonyl (C=O) groups is 1. The fraction of sp³-hybridized carbons (Fsp3) is 0. The van der Waals surface area contributed by atoms with Gasteiger partial charge in [0.1, 0.15) is 0 Å². The molecule has 0 fully saturated rings. The van der Waals surface area contributed by atoms with Crippen LogP contribution in [0.5, 0.6) is 0 Å². The molecular formula is C5H3OS. The van der Waals surface area contributed by atoms with E-state index in [0.717, 1.165) is 6.29 Å². The molecule has 1 aromatic rings. The Hall–Kier alpha value is -0.630. The molecule has 1 aromatic heterocycles. The summed E-state index contributed by atoms with van der Waals surface area (Å²) in [4.78, 5) is 10.5. The van der Waals surface area contributed by atoms with Crippen molar-refractivity contribution in [1.29, 1.82) is 0 Å². The standard InChI is InChI=1S/C5H3OS/c6-4-5-2-1-3-7-5/h1,3-4H. The topological polar surface area (TPSA) is 17.1 Å². The van der Waals surface area contributed by atoms with Gasteiger partial charge < -0.3 is 0 Å². The lowest BCUT2D eigenvalue weighted by Gasteiger charge is -1.65. The van der Waals surface area contributed by atoms with Crippen LogP contribution in [0.1, 0.15) is 9.67 Å². The maximum absolute atomic E-state index is 9.85. The Morgan fingerprint density at radius 1 is 1.86 bits per heavy atom. The lowest BCUT2D eigenvalue weighted by molar-refractivity contribution is 0.112. The highest BCUT2D eigenvalue weighted by atomic mass is 32.1. The summed E-state index contributed by atoms with van der Waals surface area (Å²) in [6.07, 6.45) is 0.796. The fourth-order valence-electron chi connectivity index (χ4n) is 0.319. The predicted molar refractivity (Wildman–Crippen MR) is 28.5 cm³/mol. The minimum atomic E-state index is 0.667. The van der Waals surface area contributed by atoms with Crippen LogP contribution in [-0.4, -0.2) is 6.29 Å². The first kappa shape index (κ1) is 4.53. The van der Waals surface area contributed by atoms with Gasteiger partial charge in [-0.15, -0.1) is 11.3 Å². The van der Waals surface area contributed by atoms with E-state index in [0.29, 0.717) is 4.88 Å². The Balaban J connectivity index is 2.96. The normalized spacial score (nSPS) is 8.57. The van der Waals surface area contributed by atoms with Gasteiger partial charge in [-0.2, -0.15) is 0 Å². The zero-order chi connectivity index (χ0) is 5.11. The van der Waals surface area contributed by atoms with Gasteiger partial charge in [-0.3, -0.25) is 4.79 Å². The van der Waals surface area contributed by atoms with Gasteiger partial charge in [0, 0.05) is 6.07 Å². The van der Waals surface area contributed by atoms with Crippen LogP contribution in [0.3, 0.4) is 0 Å². The van der Waals surface area contributed by atoms with Crippen LogP contribution in [-0.2, 0) is 0 Å².